The van der Waals surface area contributed by atoms with Crippen LogP contribution in [0, 0.1) is 0 Å². The number of allylic oxidation sites excluding steroid dienone is 6. The Hall–Kier alpha value is -0.860. The fourth-order valence-corrected chi connectivity index (χ4v) is 2.20. The van der Waals surface area contributed by atoms with Gasteiger partial charge >= 0.3 is 0 Å². The second kappa shape index (κ2) is 21.1. The van der Waals surface area contributed by atoms with Crippen molar-refractivity contribution in [3.63, 3.8) is 0 Å². The lowest BCUT2D eigenvalue weighted by molar-refractivity contribution is 0.113. The first kappa shape index (κ1) is 22.1. The van der Waals surface area contributed by atoms with Crippen LogP contribution in [-0.4, -0.2) is 24.9 Å². The molecular weight excluding hydrogens is 284 g/mol. The van der Waals surface area contributed by atoms with E-state index in [2.05, 4.69) is 43.4 Å². The summed E-state index contributed by atoms with van der Waals surface area (Å²) in [5.41, 5.74) is 0. The van der Waals surface area contributed by atoms with E-state index in [0.29, 0.717) is 6.61 Å². The van der Waals surface area contributed by atoms with Crippen LogP contribution in [0.1, 0.15) is 77.6 Å². The van der Waals surface area contributed by atoms with E-state index in [1.807, 2.05) is 0 Å². The Morgan fingerprint density at radius 1 is 0.652 bits per heavy atom. The van der Waals surface area contributed by atoms with E-state index in [1.54, 1.807) is 0 Å². The van der Waals surface area contributed by atoms with Gasteiger partial charge in [0.25, 0.3) is 0 Å². The minimum Gasteiger partial charge on any atom is -0.396 e. The highest BCUT2D eigenvalue weighted by molar-refractivity contribution is 4.97. The van der Waals surface area contributed by atoms with E-state index in [-0.39, 0.29) is 6.61 Å². The standard InChI is InChI=1S/C21H38O2/c1-2-3-4-5-6-7-8-9-10-11-12-13-14-15-16-17-20-23-21-18-19-22/h6-7,9-10,12-13,22H,2-5,8,11,14-21H2,1H3. The van der Waals surface area contributed by atoms with Gasteiger partial charge in [0.1, 0.15) is 0 Å². The Morgan fingerprint density at radius 2 is 1.22 bits per heavy atom. The van der Waals surface area contributed by atoms with Crippen LogP contribution in [-0.2, 0) is 4.74 Å². The summed E-state index contributed by atoms with van der Waals surface area (Å²) in [6.45, 7) is 4.00. The molecule has 0 aromatic heterocycles. The Balaban J connectivity index is 3.23. The van der Waals surface area contributed by atoms with Gasteiger partial charge in [0.05, 0.1) is 0 Å². The van der Waals surface area contributed by atoms with Gasteiger partial charge in [0.15, 0.2) is 0 Å². The molecule has 0 atom stereocenters. The maximum Gasteiger partial charge on any atom is 0.0487 e. The van der Waals surface area contributed by atoms with Gasteiger partial charge in [-0.1, -0.05) is 62.6 Å². The predicted molar refractivity (Wildman–Crippen MR) is 102 cm³/mol. The van der Waals surface area contributed by atoms with Crippen molar-refractivity contribution in [3.05, 3.63) is 36.5 Å². The Morgan fingerprint density at radius 3 is 1.83 bits per heavy atom. The molecule has 23 heavy (non-hydrogen) atoms. The molecule has 0 heterocycles. The van der Waals surface area contributed by atoms with Crippen LogP contribution < -0.4 is 0 Å². The highest BCUT2D eigenvalue weighted by Gasteiger charge is 1.89. The molecule has 2 nitrogen and oxygen atoms in total. The summed E-state index contributed by atoms with van der Waals surface area (Å²) in [5, 5.41) is 8.61. The summed E-state index contributed by atoms with van der Waals surface area (Å²) in [6.07, 6.45) is 26.5. The minimum atomic E-state index is 0.231. The lowest BCUT2D eigenvalue weighted by atomic mass is 10.2. The second-order valence-corrected chi connectivity index (χ2v) is 5.92. The van der Waals surface area contributed by atoms with Gasteiger partial charge < -0.3 is 9.84 Å². The van der Waals surface area contributed by atoms with Crippen LogP contribution in [0.2, 0.25) is 0 Å². The van der Waals surface area contributed by atoms with Gasteiger partial charge in [-0.3, -0.25) is 0 Å². The topological polar surface area (TPSA) is 29.5 Å². The van der Waals surface area contributed by atoms with Crippen LogP contribution in [0.4, 0.5) is 0 Å². The number of hydrogen-bond donors (Lipinski definition) is 1. The normalized spacial score (nSPS) is 12.3. The molecule has 0 unspecified atom stereocenters. The average molecular weight is 323 g/mol. The van der Waals surface area contributed by atoms with Gasteiger partial charge in [-0.2, -0.15) is 0 Å². The summed E-state index contributed by atoms with van der Waals surface area (Å²) >= 11 is 0. The van der Waals surface area contributed by atoms with Crippen LogP contribution in [0.15, 0.2) is 36.5 Å². The summed E-state index contributed by atoms with van der Waals surface area (Å²) in [5.74, 6) is 0. The lowest BCUT2D eigenvalue weighted by Gasteiger charge is -2.01. The van der Waals surface area contributed by atoms with Crippen LogP contribution in [0.5, 0.6) is 0 Å². The fourth-order valence-electron chi connectivity index (χ4n) is 2.20. The van der Waals surface area contributed by atoms with Crippen LogP contribution in [0.3, 0.4) is 0 Å². The van der Waals surface area contributed by atoms with Crippen LogP contribution >= 0.6 is 0 Å². The molecule has 0 aromatic rings. The number of ether oxygens (including phenoxy) is 1. The van der Waals surface area contributed by atoms with Gasteiger partial charge in [0, 0.05) is 19.8 Å². The first-order valence-electron chi connectivity index (χ1n) is 9.55. The lowest BCUT2D eigenvalue weighted by Crippen LogP contribution is -1.98. The molecule has 134 valence electrons. The monoisotopic (exact) mass is 322 g/mol. The fraction of sp³-hybridized carbons (Fsp3) is 0.714. The molecule has 0 spiro atoms. The number of hydrogen-bond acceptors (Lipinski definition) is 2. The third-order valence-electron chi connectivity index (χ3n) is 3.62. The molecule has 0 fully saturated rings. The Labute approximate surface area is 144 Å². The summed E-state index contributed by atoms with van der Waals surface area (Å²) < 4.78 is 5.40. The number of rotatable bonds is 17. The molecule has 0 rings (SSSR count). The minimum absolute atomic E-state index is 0.231. The van der Waals surface area contributed by atoms with E-state index in [0.717, 1.165) is 32.3 Å². The van der Waals surface area contributed by atoms with Crippen molar-refractivity contribution < 1.29 is 9.84 Å². The average Bonchev–Trinajstić information content (AvgIpc) is 2.57. The van der Waals surface area contributed by atoms with Gasteiger partial charge in [-0.05, 0) is 51.4 Å². The van der Waals surface area contributed by atoms with Crippen LogP contribution in [0.25, 0.3) is 0 Å². The highest BCUT2D eigenvalue weighted by Crippen LogP contribution is 2.03. The van der Waals surface area contributed by atoms with Crippen molar-refractivity contribution in [2.75, 3.05) is 19.8 Å². The first-order chi connectivity index (χ1) is 11.4. The van der Waals surface area contributed by atoms with Crippen molar-refractivity contribution in [2.45, 2.75) is 77.6 Å². The molecule has 2 heteroatoms. The van der Waals surface area contributed by atoms with E-state index in [4.69, 9.17) is 9.84 Å². The zero-order valence-corrected chi connectivity index (χ0v) is 15.2. The number of unbranched alkanes of at least 4 members (excludes halogenated alkanes) is 6. The maximum absolute atomic E-state index is 8.61. The highest BCUT2D eigenvalue weighted by atomic mass is 16.5. The van der Waals surface area contributed by atoms with E-state index in [9.17, 15) is 0 Å². The first-order valence-corrected chi connectivity index (χ1v) is 9.55. The maximum atomic E-state index is 8.61. The van der Waals surface area contributed by atoms with Crippen molar-refractivity contribution in [1.82, 2.24) is 0 Å². The largest absolute Gasteiger partial charge is 0.396 e. The predicted octanol–water partition coefficient (Wildman–Crippen LogP) is 5.97. The van der Waals surface area contributed by atoms with Crippen molar-refractivity contribution in [3.8, 4) is 0 Å². The molecular formula is C21H38O2. The molecule has 0 bridgehead atoms. The summed E-state index contributed by atoms with van der Waals surface area (Å²) in [6, 6.07) is 0. The third kappa shape index (κ3) is 21.1. The van der Waals surface area contributed by atoms with Crippen molar-refractivity contribution in [2.24, 2.45) is 0 Å². The Kier molecular flexibility index (Phi) is 20.3. The summed E-state index contributed by atoms with van der Waals surface area (Å²) in [4.78, 5) is 0. The smallest absolute Gasteiger partial charge is 0.0487 e. The van der Waals surface area contributed by atoms with Crippen molar-refractivity contribution in [1.29, 1.82) is 0 Å². The van der Waals surface area contributed by atoms with Crippen molar-refractivity contribution >= 4 is 0 Å². The molecule has 0 aliphatic rings. The van der Waals surface area contributed by atoms with E-state index >= 15 is 0 Å². The SMILES string of the molecule is CCCCCC=CCC=CCC=CCCCCCOCCCO. The molecule has 0 amide bonds. The molecule has 0 radical (unpaired) electrons. The number of aliphatic hydroxyl groups excluding tert-OH is 1. The molecule has 0 aliphatic carbocycles. The molecule has 0 aliphatic heterocycles. The zero-order chi connectivity index (χ0) is 16.8. The molecule has 0 aromatic carbocycles. The summed E-state index contributed by atoms with van der Waals surface area (Å²) in [7, 11) is 0. The molecule has 0 saturated carbocycles. The van der Waals surface area contributed by atoms with Gasteiger partial charge in [-0.15, -0.1) is 0 Å². The second-order valence-electron chi connectivity index (χ2n) is 5.92. The van der Waals surface area contributed by atoms with E-state index in [1.165, 1.54) is 44.9 Å². The van der Waals surface area contributed by atoms with Gasteiger partial charge in [-0.25, -0.2) is 0 Å². The third-order valence-corrected chi connectivity index (χ3v) is 3.62. The Bertz CT molecular complexity index is 292. The number of aliphatic hydroxyl groups is 1. The molecule has 1 N–H and O–H groups in total. The zero-order valence-electron chi connectivity index (χ0n) is 15.2. The van der Waals surface area contributed by atoms with E-state index < -0.39 is 0 Å². The molecule has 0 saturated heterocycles. The van der Waals surface area contributed by atoms with Gasteiger partial charge in [0.2, 0.25) is 0 Å². The quantitative estimate of drug-likeness (QED) is 0.264.